The van der Waals surface area contributed by atoms with Crippen molar-refractivity contribution in [3.8, 4) is 0 Å². The van der Waals surface area contributed by atoms with E-state index in [2.05, 4.69) is 63.0 Å². The first kappa shape index (κ1) is 17.7. The first-order valence-electron chi connectivity index (χ1n) is 9.08. The first-order valence-corrected chi connectivity index (χ1v) is 9.08. The number of nitrogens with zero attached hydrogens (tertiary/aromatic N) is 5. The normalized spacial score (nSPS) is 21.2. The second kappa shape index (κ2) is 7.13. The van der Waals surface area contributed by atoms with Gasteiger partial charge in [0.2, 0.25) is 5.95 Å². The van der Waals surface area contributed by atoms with E-state index in [9.17, 15) is 4.79 Å². The van der Waals surface area contributed by atoms with Crippen molar-refractivity contribution < 1.29 is 10.0 Å². The van der Waals surface area contributed by atoms with Gasteiger partial charge in [0.15, 0.2) is 0 Å². The molecule has 8 nitrogen and oxygen atoms in total. The van der Waals surface area contributed by atoms with E-state index in [4.69, 9.17) is 5.21 Å². The van der Waals surface area contributed by atoms with Crippen LogP contribution in [0.3, 0.4) is 0 Å². The number of nitrogens with one attached hydrogen (secondary N) is 1. The standard InChI is InChI=1S/C19H24N6O2/c1-23(2)10-13-4-3-5-15(6-13)24-11-17-7-16(24)12-25(17)19-20-8-14(9-21-19)18(26)22-27/h3-6,8-9,16-17,27H,7,10-12H2,1-2H3,(H,22,26)/t16-,17-/m1/s1. The Morgan fingerprint density at radius 1 is 1.22 bits per heavy atom. The van der Waals surface area contributed by atoms with Gasteiger partial charge in [0.1, 0.15) is 0 Å². The minimum atomic E-state index is -0.603. The number of rotatable bonds is 5. The molecule has 8 heteroatoms. The van der Waals surface area contributed by atoms with Crippen molar-refractivity contribution in [1.82, 2.24) is 20.3 Å². The fourth-order valence-corrected chi connectivity index (χ4v) is 4.08. The van der Waals surface area contributed by atoms with E-state index in [1.165, 1.54) is 23.6 Å². The molecule has 2 fully saturated rings. The van der Waals surface area contributed by atoms with Gasteiger partial charge in [-0.15, -0.1) is 0 Å². The molecular formula is C19H24N6O2. The monoisotopic (exact) mass is 368 g/mol. The molecule has 1 amide bonds. The van der Waals surface area contributed by atoms with Crippen LogP contribution in [0.5, 0.6) is 0 Å². The summed E-state index contributed by atoms with van der Waals surface area (Å²) in [5.41, 5.74) is 4.43. The van der Waals surface area contributed by atoms with Crippen molar-refractivity contribution in [3.63, 3.8) is 0 Å². The van der Waals surface area contributed by atoms with Gasteiger partial charge in [-0.05, 0) is 38.2 Å². The average molecular weight is 368 g/mol. The first-order chi connectivity index (χ1) is 13.0. The predicted molar refractivity (Wildman–Crippen MR) is 102 cm³/mol. The summed E-state index contributed by atoms with van der Waals surface area (Å²) in [5.74, 6) is 0.0336. The molecule has 2 atom stereocenters. The summed E-state index contributed by atoms with van der Waals surface area (Å²) in [5, 5.41) is 8.69. The lowest BCUT2D eigenvalue weighted by atomic mass is 10.1. The van der Waals surface area contributed by atoms with E-state index in [0.717, 1.165) is 26.1 Å². The molecular weight excluding hydrogens is 344 g/mol. The lowest BCUT2D eigenvalue weighted by molar-refractivity contribution is 0.0705. The summed E-state index contributed by atoms with van der Waals surface area (Å²) in [6.45, 7) is 2.75. The third-order valence-electron chi connectivity index (χ3n) is 5.24. The summed E-state index contributed by atoms with van der Waals surface area (Å²) in [6, 6.07) is 9.57. The minimum absolute atomic E-state index is 0.241. The highest BCUT2D eigenvalue weighted by Gasteiger charge is 2.44. The number of fused-ring (bicyclic) bond motifs is 2. The zero-order chi connectivity index (χ0) is 19.0. The van der Waals surface area contributed by atoms with Crippen LogP contribution < -0.4 is 15.3 Å². The number of piperazine rings is 1. The summed E-state index contributed by atoms with van der Waals surface area (Å²) in [4.78, 5) is 26.9. The molecule has 3 heterocycles. The Labute approximate surface area is 158 Å². The van der Waals surface area contributed by atoms with E-state index < -0.39 is 5.91 Å². The van der Waals surface area contributed by atoms with Crippen molar-refractivity contribution in [1.29, 1.82) is 0 Å². The second-order valence-electron chi connectivity index (χ2n) is 7.47. The molecule has 2 aliphatic rings. The predicted octanol–water partition coefficient (Wildman–Crippen LogP) is 1.12. The van der Waals surface area contributed by atoms with Crippen molar-refractivity contribution in [2.75, 3.05) is 37.0 Å². The molecule has 2 aromatic rings. The SMILES string of the molecule is CN(C)Cc1cccc(N2C[C@H]3C[C@@H]2CN3c2ncc(C(=O)NO)cn2)c1. The van der Waals surface area contributed by atoms with Crippen LogP contribution in [0.15, 0.2) is 36.7 Å². The van der Waals surface area contributed by atoms with Gasteiger partial charge in [0.05, 0.1) is 11.6 Å². The van der Waals surface area contributed by atoms with Gasteiger partial charge in [-0.25, -0.2) is 15.4 Å². The zero-order valence-electron chi connectivity index (χ0n) is 15.5. The smallest absolute Gasteiger partial charge is 0.277 e. The highest BCUT2D eigenvalue weighted by atomic mass is 16.5. The largest absolute Gasteiger partial charge is 0.365 e. The molecule has 27 heavy (non-hydrogen) atoms. The highest BCUT2D eigenvalue weighted by molar-refractivity contribution is 5.92. The molecule has 0 aliphatic carbocycles. The maximum atomic E-state index is 11.4. The molecule has 1 aromatic carbocycles. The lowest BCUT2D eigenvalue weighted by Crippen LogP contribution is -2.47. The third-order valence-corrected chi connectivity index (χ3v) is 5.24. The molecule has 2 saturated heterocycles. The molecule has 2 N–H and O–H groups in total. The molecule has 0 unspecified atom stereocenters. The van der Waals surface area contributed by atoms with Gasteiger partial charge in [0.25, 0.3) is 5.91 Å². The third kappa shape index (κ3) is 3.45. The molecule has 142 valence electrons. The number of aromatic nitrogens is 2. The van der Waals surface area contributed by atoms with E-state index in [-0.39, 0.29) is 5.56 Å². The molecule has 2 bridgehead atoms. The van der Waals surface area contributed by atoms with Gasteiger partial charge in [-0.3, -0.25) is 10.0 Å². The van der Waals surface area contributed by atoms with Gasteiger partial charge in [0, 0.05) is 43.8 Å². The quantitative estimate of drug-likeness (QED) is 0.604. The number of amides is 1. The van der Waals surface area contributed by atoms with Crippen LogP contribution >= 0.6 is 0 Å². The summed E-state index contributed by atoms with van der Waals surface area (Å²) in [7, 11) is 4.16. The van der Waals surface area contributed by atoms with Crippen molar-refractivity contribution in [3.05, 3.63) is 47.8 Å². The van der Waals surface area contributed by atoms with Crippen molar-refractivity contribution >= 4 is 17.5 Å². The Morgan fingerprint density at radius 3 is 2.56 bits per heavy atom. The zero-order valence-corrected chi connectivity index (χ0v) is 15.5. The number of benzene rings is 1. The number of anilines is 2. The fraction of sp³-hybridized carbons (Fsp3) is 0.421. The van der Waals surface area contributed by atoms with E-state index in [1.807, 2.05) is 0 Å². The Balaban J connectivity index is 1.46. The second-order valence-corrected chi connectivity index (χ2v) is 7.47. The summed E-state index contributed by atoms with van der Waals surface area (Å²) >= 11 is 0. The van der Waals surface area contributed by atoms with Gasteiger partial charge in [-0.1, -0.05) is 12.1 Å². The molecule has 0 spiro atoms. The molecule has 4 rings (SSSR count). The van der Waals surface area contributed by atoms with Crippen LogP contribution in [-0.2, 0) is 6.54 Å². The Hall–Kier alpha value is -2.71. The van der Waals surface area contributed by atoms with Gasteiger partial charge < -0.3 is 14.7 Å². The average Bonchev–Trinajstić information content (AvgIpc) is 3.28. The van der Waals surface area contributed by atoms with Crippen LogP contribution in [0.1, 0.15) is 22.3 Å². The highest BCUT2D eigenvalue weighted by Crippen LogP contribution is 2.36. The van der Waals surface area contributed by atoms with Crippen LogP contribution in [0.2, 0.25) is 0 Å². The molecule has 2 aliphatic heterocycles. The number of hydrogen-bond donors (Lipinski definition) is 2. The fourth-order valence-electron chi connectivity index (χ4n) is 4.08. The number of carbonyl (C=O) groups excluding carboxylic acids is 1. The molecule has 0 saturated carbocycles. The van der Waals surface area contributed by atoms with Crippen molar-refractivity contribution in [2.24, 2.45) is 0 Å². The molecule has 0 radical (unpaired) electrons. The van der Waals surface area contributed by atoms with Crippen LogP contribution in [0, 0.1) is 0 Å². The number of hydroxylamine groups is 1. The van der Waals surface area contributed by atoms with Gasteiger partial charge >= 0.3 is 0 Å². The number of carbonyl (C=O) groups is 1. The Kier molecular flexibility index (Phi) is 4.67. The van der Waals surface area contributed by atoms with Crippen molar-refractivity contribution in [2.45, 2.75) is 25.0 Å². The Morgan fingerprint density at radius 2 is 1.93 bits per heavy atom. The van der Waals surface area contributed by atoms with E-state index >= 15 is 0 Å². The van der Waals surface area contributed by atoms with Crippen LogP contribution in [0.25, 0.3) is 0 Å². The maximum absolute atomic E-state index is 11.4. The topological polar surface area (TPSA) is 84.8 Å². The Bertz CT molecular complexity index is 825. The minimum Gasteiger partial charge on any atom is -0.365 e. The van der Waals surface area contributed by atoms with E-state index in [0.29, 0.717) is 18.0 Å². The maximum Gasteiger partial charge on any atom is 0.277 e. The molecule has 1 aromatic heterocycles. The summed E-state index contributed by atoms with van der Waals surface area (Å²) < 4.78 is 0. The summed E-state index contributed by atoms with van der Waals surface area (Å²) in [6.07, 6.45) is 3.98. The van der Waals surface area contributed by atoms with Crippen LogP contribution in [-0.4, -0.2) is 65.3 Å². The lowest BCUT2D eigenvalue weighted by Gasteiger charge is -2.35. The number of hydrogen-bond acceptors (Lipinski definition) is 7. The van der Waals surface area contributed by atoms with Crippen LogP contribution in [0.4, 0.5) is 11.6 Å². The van der Waals surface area contributed by atoms with E-state index in [1.54, 1.807) is 5.48 Å². The van der Waals surface area contributed by atoms with Gasteiger partial charge in [-0.2, -0.15) is 0 Å².